The Hall–Kier alpha value is -1.39. The third-order valence-corrected chi connectivity index (χ3v) is 4.26. The fourth-order valence-electron chi connectivity index (χ4n) is 2.93. The van der Waals surface area contributed by atoms with Crippen molar-refractivity contribution in [1.29, 1.82) is 0 Å². The van der Waals surface area contributed by atoms with E-state index in [0.29, 0.717) is 12.3 Å². The standard InChI is InChI=1S/C13H21N3O2/c1-3-10-4-6-13(7-5-10,12(17)18)8-11-9-16(2)15-14-11/h9-10H,3-8H2,1-2H3,(H,17,18). The van der Waals surface area contributed by atoms with Crippen molar-refractivity contribution in [1.82, 2.24) is 15.0 Å². The lowest BCUT2D eigenvalue weighted by Gasteiger charge is -2.36. The molecular weight excluding hydrogens is 230 g/mol. The number of aryl methyl sites for hydroxylation is 1. The van der Waals surface area contributed by atoms with Crippen LogP contribution in [-0.4, -0.2) is 26.1 Å². The van der Waals surface area contributed by atoms with Crippen LogP contribution < -0.4 is 0 Å². The summed E-state index contributed by atoms with van der Waals surface area (Å²) in [5.41, 5.74) is 0.164. The molecule has 0 radical (unpaired) electrons. The number of nitrogens with zero attached hydrogens (tertiary/aromatic N) is 3. The van der Waals surface area contributed by atoms with E-state index in [4.69, 9.17) is 0 Å². The summed E-state index contributed by atoms with van der Waals surface area (Å²) in [7, 11) is 1.80. The van der Waals surface area contributed by atoms with Crippen molar-refractivity contribution in [2.24, 2.45) is 18.4 Å². The van der Waals surface area contributed by atoms with Crippen molar-refractivity contribution in [2.45, 2.75) is 45.4 Å². The molecule has 1 aliphatic carbocycles. The Labute approximate surface area is 107 Å². The quantitative estimate of drug-likeness (QED) is 0.889. The molecule has 0 aromatic carbocycles. The minimum Gasteiger partial charge on any atom is -0.481 e. The van der Waals surface area contributed by atoms with E-state index in [9.17, 15) is 9.90 Å². The van der Waals surface area contributed by atoms with Gasteiger partial charge in [0.15, 0.2) is 0 Å². The number of aromatic nitrogens is 3. The Balaban J connectivity index is 2.11. The third-order valence-electron chi connectivity index (χ3n) is 4.26. The monoisotopic (exact) mass is 251 g/mol. The highest BCUT2D eigenvalue weighted by Crippen LogP contribution is 2.42. The number of carbonyl (C=O) groups is 1. The molecule has 5 heteroatoms. The molecule has 0 bridgehead atoms. The van der Waals surface area contributed by atoms with Gasteiger partial charge in [-0.1, -0.05) is 18.6 Å². The first kappa shape index (κ1) is 13.1. The molecule has 5 nitrogen and oxygen atoms in total. The van der Waals surface area contributed by atoms with E-state index in [1.165, 1.54) is 0 Å². The smallest absolute Gasteiger partial charge is 0.310 e. The highest BCUT2D eigenvalue weighted by Gasteiger charge is 2.42. The van der Waals surface area contributed by atoms with Crippen LogP contribution in [0.25, 0.3) is 0 Å². The number of hydrogen-bond acceptors (Lipinski definition) is 3. The Morgan fingerprint density at radius 3 is 2.67 bits per heavy atom. The van der Waals surface area contributed by atoms with Crippen LogP contribution in [0.4, 0.5) is 0 Å². The third kappa shape index (κ3) is 2.54. The summed E-state index contributed by atoms with van der Waals surface area (Å²) in [6.07, 6.45) is 7.03. The van der Waals surface area contributed by atoms with Crippen molar-refractivity contribution < 1.29 is 9.90 Å². The highest BCUT2D eigenvalue weighted by atomic mass is 16.4. The summed E-state index contributed by atoms with van der Waals surface area (Å²) in [6, 6.07) is 0. The van der Waals surface area contributed by atoms with Crippen molar-refractivity contribution in [3.05, 3.63) is 11.9 Å². The maximum absolute atomic E-state index is 11.6. The summed E-state index contributed by atoms with van der Waals surface area (Å²) in [6.45, 7) is 2.18. The van der Waals surface area contributed by atoms with Crippen molar-refractivity contribution in [2.75, 3.05) is 0 Å². The fourth-order valence-corrected chi connectivity index (χ4v) is 2.93. The van der Waals surface area contributed by atoms with Crippen molar-refractivity contribution in [3.8, 4) is 0 Å². The van der Waals surface area contributed by atoms with Gasteiger partial charge in [-0.05, 0) is 31.6 Å². The fraction of sp³-hybridized carbons (Fsp3) is 0.769. The lowest BCUT2D eigenvalue weighted by molar-refractivity contribution is -0.151. The summed E-state index contributed by atoms with van der Waals surface area (Å²) < 4.78 is 1.63. The maximum atomic E-state index is 11.6. The molecule has 1 aromatic heterocycles. The minimum absolute atomic E-state index is 0.507. The number of carboxylic acids is 1. The average Bonchev–Trinajstić information content (AvgIpc) is 2.75. The molecular formula is C13H21N3O2. The minimum atomic E-state index is -0.678. The zero-order valence-corrected chi connectivity index (χ0v) is 11.1. The van der Waals surface area contributed by atoms with Gasteiger partial charge in [0.2, 0.25) is 0 Å². The van der Waals surface area contributed by atoms with E-state index < -0.39 is 11.4 Å². The van der Waals surface area contributed by atoms with Crippen LogP contribution in [0.15, 0.2) is 6.20 Å². The van der Waals surface area contributed by atoms with Crippen LogP contribution in [0.1, 0.15) is 44.7 Å². The van der Waals surface area contributed by atoms with Crippen LogP contribution in [0.5, 0.6) is 0 Å². The van der Waals surface area contributed by atoms with Gasteiger partial charge in [-0.3, -0.25) is 9.48 Å². The molecule has 0 aliphatic heterocycles. The number of rotatable bonds is 4. The van der Waals surface area contributed by atoms with Gasteiger partial charge in [0.25, 0.3) is 0 Å². The van der Waals surface area contributed by atoms with Crippen LogP contribution in [0.2, 0.25) is 0 Å². The van der Waals surface area contributed by atoms with Crippen LogP contribution in [0, 0.1) is 11.3 Å². The van der Waals surface area contributed by atoms with Gasteiger partial charge in [0.1, 0.15) is 0 Å². The van der Waals surface area contributed by atoms with Gasteiger partial charge < -0.3 is 5.11 Å². The van der Waals surface area contributed by atoms with Gasteiger partial charge in [0, 0.05) is 19.7 Å². The van der Waals surface area contributed by atoms with Gasteiger partial charge in [-0.15, -0.1) is 5.10 Å². The molecule has 0 amide bonds. The first-order valence-electron chi connectivity index (χ1n) is 6.64. The molecule has 2 rings (SSSR count). The second-order valence-electron chi connectivity index (χ2n) is 5.50. The Morgan fingerprint density at radius 1 is 1.56 bits per heavy atom. The zero-order chi connectivity index (χ0) is 13.2. The molecule has 1 saturated carbocycles. The normalized spacial score (nSPS) is 28.2. The largest absolute Gasteiger partial charge is 0.481 e. The van der Waals surface area contributed by atoms with E-state index >= 15 is 0 Å². The van der Waals surface area contributed by atoms with Crippen LogP contribution in [-0.2, 0) is 18.3 Å². The summed E-state index contributed by atoms with van der Waals surface area (Å²) in [5.74, 6) is 0.0158. The maximum Gasteiger partial charge on any atom is 0.310 e. The molecule has 0 saturated heterocycles. The van der Waals surface area contributed by atoms with Crippen LogP contribution in [0.3, 0.4) is 0 Å². The predicted octanol–water partition coefficient (Wildman–Crippen LogP) is 2.03. The first-order chi connectivity index (χ1) is 8.55. The first-order valence-corrected chi connectivity index (χ1v) is 6.64. The second-order valence-corrected chi connectivity index (χ2v) is 5.50. The van der Waals surface area contributed by atoms with Crippen molar-refractivity contribution in [3.63, 3.8) is 0 Å². The Morgan fingerprint density at radius 2 is 2.22 bits per heavy atom. The summed E-state index contributed by atoms with van der Waals surface area (Å²) in [5, 5.41) is 17.5. The second kappa shape index (κ2) is 5.08. The van der Waals surface area contributed by atoms with E-state index in [1.807, 2.05) is 6.20 Å². The zero-order valence-electron chi connectivity index (χ0n) is 11.1. The molecule has 1 N–H and O–H groups in total. The molecule has 1 aromatic rings. The topological polar surface area (TPSA) is 68.0 Å². The van der Waals surface area contributed by atoms with Gasteiger partial charge in [0.05, 0.1) is 11.1 Å². The Bertz CT molecular complexity index is 420. The van der Waals surface area contributed by atoms with Crippen molar-refractivity contribution >= 4 is 5.97 Å². The highest BCUT2D eigenvalue weighted by molar-refractivity contribution is 5.75. The van der Waals surface area contributed by atoms with E-state index in [-0.39, 0.29) is 0 Å². The number of hydrogen-bond donors (Lipinski definition) is 1. The van der Waals surface area contributed by atoms with Gasteiger partial charge >= 0.3 is 5.97 Å². The molecule has 1 fully saturated rings. The van der Waals surface area contributed by atoms with Gasteiger partial charge in [-0.25, -0.2) is 0 Å². The summed E-state index contributed by atoms with van der Waals surface area (Å²) >= 11 is 0. The predicted molar refractivity (Wildman–Crippen MR) is 67.0 cm³/mol. The number of aliphatic carboxylic acids is 1. The Kier molecular flexibility index (Phi) is 3.68. The molecule has 0 unspecified atom stereocenters. The van der Waals surface area contributed by atoms with E-state index in [1.54, 1.807) is 11.7 Å². The lowest BCUT2D eigenvalue weighted by Crippen LogP contribution is -2.37. The van der Waals surface area contributed by atoms with E-state index in [0.717, 1.165) is 37.8 Å². The SMILES string of the molecule is CCC1CCC(Cc2cn(C)nn2)(C(=O)O)CC1. The summed E-state index contributed by atoms with van der Waals surface area (Å²) in [4.78, 5) is 11.6. The molecule has 18 heavy (non-hydrogen) atoms. The lowest BCUT2D eigenvalue weighted by atomic mass is 9.67. The van der Waals surface area contributed by atoms with E-state index in [2.05, 4.69) is 17.2 Å². The molecule has 0 spiro atoms. The molecule has 0 atom stereocenters. The average molecular weight is 251 g/mol. The number of carboxylic acid groups (broad SMARTS) is 1. The molecule has 100 valence electrons. The molecule has 1 aliphatic rings. The van der Waals surface area contributed by atoms with Crippen LogP contribution >= 0.6 is 0 Å². The molecule has 1 heterocycles. The van der Waals surface area contributed by atoms with Gasteiger partial charge in [-0.2, -0.15) is 0 Å².